The van der Waals surface area contributed by atoms with Crippen LogP contribution < -0.4 is 5.56 Å². The molecule has 2 aromatic rings. The summed E-state index contributed by atoms with van der Waals surface area (Å²) >= 11 is 0. The molecule has 0 saturated carbocycles. The van der Waals surface area contributed by atoms with Gasteiger partial charge < -0.3 is 5.11 Å². The standard InChI is InChI=1S/C10H8N2O3/c1-6-3-2-4-7-8(6)9(13)12(5-11-7)10(14)15/h2-5H,1H3,(H,14,15). The zero-order valence-electron chi connectivity index (χ0n) is 7.97. The molecular weight excluding hydrogens is 196 g/mol. The lowest BCUT2D eigenvalue weighted by Crippen LogP contribution is -2.26. The molecule has 0 aliphatic rings. The van der Waals surface area contributed by atoms with Gasteiger partial charge in [0.1, 0.15) is 6.33 Å². The highest BCUT2D eigenvalue weighted by Gasteiger charge is 2.09. The first kappa shape index (κ1) is 9.39. The lowest BCUT2D eigenvalue weighted by atomic mass is 10.1. The number of rotatable bonds is 0. The molecule has 5 heteroatoms. The van der Waals surface area contributed by atoms with Gasteiger partial charge in [0.15, 0.2) is 0 Å². The van der Waals surface area contributed by atoms with E-state index in [1.165, 1.54) is 0 Å². The Balaban J connectivity index is 2.96. The Morgan fingerprint density at radius 1 is 1.47 bits per heavy atom. The van der Waals surface area contributed by atoms with Gasteiger partial charge in [0.2, 0.25) is 0 Å². The lowest BCUT2D eigenvalue weighted by Gasteiger charge is -2.02. The molecule has 0 bridgehead atoms. The molecular formula is C10H8N2O3. The second-order valence-corrected chi connectivity index (χ2v) is 3.17. The molecule has 2 rings (SSSR count). The van der Waals surface area contributed by atoms with E-state index in [0.29, 0.717) is 15.5 Å². The number of hydrogen-bond donors (Lipinski definition) is 1. The number of carboxylic acid groups (broad SMARTS) is 1. The molecule has 15 heavy (non-hydrogen) atoms. The smallest absolute Gasteiger partial charge is 0.419 e. The van der Waals surface area contributed by atoms with E-state index in [9.17, 15) is 9.59 Å². The van der Waals surface area contributed by atoms with Crippen LogP contribution in [0.5, 0.6) is 0 Å². The average molecular weight is 204 g/mol. The summed E-state index contributed by atoms with van der Waals surface area (Å²) in [5, 5.41) is 9.09. The molecule has 1 N–H and O–H groups in total. The highest BCUT2D eigenvalue weighted by atomic mass is 16.4. The molecule has 0 unspecified atom stereocenters. The van der Waals surface area contributed by atoms with Crippen molar-refractivity contribution >= 4 is 17.0 Å². The van der Waals surface area contributed by atoms with Gasteiger partial charge >= 0.3 is 6.09 Å². The van der Waals surface area contributed by atoms with Crippen LogP contribution in [0.3, 0.4) is 0 Å². The van der Waals surface area contributed by atoms with Crippen LogP contribution in [0.2, 0.25) is 0 Å². The van der Waals surface area contributed by atoms with Gasteiger partial charge in [0.25, 0.3) is 5.56 Å². The van der Waals surface area contributed by atoms with Crippen molar-refractivity contribution in [2.24, 2.45) is 0 Å². The minimum Gasteiger partial charge on any atom is -0.464 e. The van der Waals surface area contributed by atoms with E-state index in [0.717, 1.165) is 11.9 Å². The molecule has 5 nitrogen and oxygen atoms in total. The maximum atomic E-state index is 11.7. The summed E-state index contributed by atoms with van der Waals surface area (Å²) in [6, 6.07) is 5.20. The second-order valence-electron chi connectivity index (χ2n) is 3.17. The number of benzene rings is 1. The van der Waals surface area contributed by atoms with Gasteiger partial charge in [-0.2, -0.15) is 0 Å². The van der Waals surface area contributed by atoms with E-state index in [2.05, 4.69) is 4.98 Å². The fourth-order valence-electron chi connectivity index (χ4n) is 1.47. The molecule has 0 aliphatic carbocycles. The first-order valence-electron chi connectivity index (χ1n) is 4.31. The van der Waals surface area contributed by atoms with Crippen LogP contribution >= 0.6 is 0 Å². The first-order valence-corrected chi connectivity index (χ1v) is 4.31. The summed E-state index contributed by atoms with van der Waals surface area (Å²) in [6.07, 6.45) is -0.301. The zero-order chi connectivity index (χ0) is 11.0. The van der Waals surface area contributed by atoms with E-state index in [4.69, 9.17) is 5.11 Å². The number of carbonyl (C=O) groups is 1. The minimum absolute atomic E-state index is 0.349. The Hall–Kier alpha value is -2.17. The van der Waals surface area contributed by atoms with Crippen molar-refractivity contribution in [2.75, 3.05) is 0 Å². The monoisotopic (exact) mass is 204 g/mol. The maximum absolute atomic E-state index is 11.7. The van der Waals surface area contributed by atoms with Crippen LogP contribution in [0.4, 0.5) is 4.79 Å². The summed E-state index contributed by atoms with van der Waals surface area (Å²) in [5.41, 5.74) is 0.684. The molecule has 1 aromatic heterocycles. The summed E-state index contributed by atoms with van der Waals surface area (Å²) in [7, 11) is 0. The minimum atomic E-state index is -1.32. The van der Waals surface area contributed by atoms with Gasteiger partial charge in [0, 0.05) is 0 Å². The largest absolute Gasteiger partial charge is 0.464 e. The van der Waals surface area contributed by atoms with Crippen LogP contribution in [-0.4, -0.2) is 20.8 Å². The predicted molar refractivity (Wildman–Crippen MR) is 54.2 cm³/mol. The normalized spacial score (nSPS) is 10.5. The highest BCUT2D eigenvalue weighted by molar-refractivity contribution is 5.83. The van der Waals surface area contributed by atoms with Crippen LogP contribution in [-0.2, 0) is 0 Å². The van der Waals surface area contributed by atoms with Gasteiger partial charge in [0.05, 0.1) is 10.9 Å². The fourth-order valence-corrected chi connectivity index (χ4v) is 1.47. The fraction of sp³-hybridized carbons (Fsp3) is 0.100. The summed E-state index contributed by atoms with van der Waals surface area (Å²) < 4.78 is 0.579. The van der Waals surface area contributed by atoms with Crippen molar-refractivity contribution in [3.05, 3.63) is 40.4 Å². The number of hydrogen-bond acceptors (Lipinski definition) is 3. The third-order valence-electron chi connectivity index (χ3n) is 2.20. The number of aromatic nitrogens is 2. The van der Waals surface area contributed by atoms with Gasteiger partial charge in [-0.25, -0.2) is 14.3 Å². The van der Waals surface area contributed by atoms with E-state index in [1.807, 2.05) is 0 Å². The van der Waals surface area contributed by atoms with Crippen molar-refractivity contribution in [3.8, 4) is 0 Å². The molecule has 0 fully saturated rings. The molecule has 0 amide bonds. The summed E-state index contributed by atoms with van der Waals surface area (Å²) in [6.45, 7) is 1.75. The Labute approximate surface area is 84.6 Å². The van der Waals surface area contributed by atoms with E-state index in [-0.39, 0.29) is 0 Å². The first-order chi connectivity index (χ1) is 7.11. The summed E-state index contributed by atoms with van der Waals surface area (Å²) in [5.74, 6) is 0. The van der Waals surface area contributed by atoms with Crippen molar-refractivity contribution < 1.29 is 9.90 Å². The van der Waals surface area contributed by atoms with Crippen LogP contribution in [0.15, 0.2) is 29.3 Å². The Kier molecular flexibility index (Phi) is 2.00. The molecule has 0 atom stereocenters. The van der Waals surface area contributed by atoms with Crippen molar-refractivity contribution in [1.82, 2.24) is 9.55 Å². The lowest BCUT2D eigenvalue weighted by molar-refractivity contribution is 0.195. The molecule has 0 aliphatic heterocycles. The number of nitrogens with zero attached hydrogens (tertiary/aromatic N) is 2. The molecule has 76 valence electrons. The quantitative estimate of drug-likeness (QED) is 0.700. The Bertz CT molecular complexity index is 601. The van der Waals surface area contributed by atoms with Gasteiger partial charge in [-0.3, -0.25) is 4.79 Å². The summed E-state index contributed by atoms with van der Waals surface area (Å²) in [4.78, 5) is 26.3. The van der Waals surface area contributed by atoms with Crippen molar-refractivity contribution in [2.45, 2.75) is 6.92 Å². The average Bonchev–Trinajstić information content (AvgIpc) is 2.17. The molecule has 1 aromatic carbocycles. The zero-order valence-corrected chi connectivity index (χ0v) is 7.97. The Morgan fingerprint density at radius 3 is 2.87 bits per heavy atom. The van der Waals surface area contributed by atoms with Crippen molar-refractivity contribution in [3.63, 3.8) is 0 Å². The van der Waals surface area contributed by atoms with Gasteiger partial charge in [-0.15, -0.1) is 0 Å². The van der Waals surface area contributed by atoms with Crippen LogP contribution in [0.1, 0.15) is 5.56 Å². The SMILES string of the molecule is Cc1cccc2ncn(C(=O)O)c(=O)c12. The molecule has 0 saturated heterocycles. The third-order valence-corrected chi connectivity index (χ3v) is 2.20. The Morgan fingerprint density at radius 2 is 2.20 bits per heavy atom. The maximum Gasteiger partial charge on any atom is 0.419 e. The second kappa shape index (κ2) is 3.20. The van der Waals surface area contributed by atoms with E-state index in [1.54, 1.807) is 25.1 Å². The van der Waals surface area contributed by atoms with Crippen LogP contribution in [0, 0.1) is 6.92 Å². The molecule has 0 spiro atoms. The van der Waals surface area contributed by atoms with E-state index < -0.39 is 11.7 Å². The van der Waals surface area contributed by atoms with Gasteiger partial charge in [-0.1, -0.05) is 12.1 Å². The third kappa shape index (κ3) is 1.38. The predicted octanol–water partition coefficient (Wildman–Crippen LogP) is 1.23. The van der Waals surface area contributed by atoms with Crippen molar-refractivity contribution in [1.29, 1.82) is 0 Å². The molecule has 1 heterocycles. The number of aryl methyl sites for hydroxylation is 1. The van der Waals surface area contributed by atoms with E-state index >= 15 is 0 Å². The number of fused-ring (bicyclic) bond motifs is 1. The topological polar surface area (TPSA) is 72.2 Å². The van der Waals surface area contributed by atoms with Crippen LogP contribution in [0.25, 0.3) is 10.9 Å². The molecule has 0 radical (unpaired) electrons. The highest BCUT2D eigenvalue weighted by Crippen LogP contribution is 2.10. The van der Waals surface area contributed by atoms with Gasteiger partial charge in [-0.05, 0) is 18.6 Å².